The molecule has 0 aliphatic carbocycles. The lowest BCUT2D eigenvalue weighted by molar-refractivity contribution is 0.0556. The number of benzene rings is 2. The van der Waals surface area contributed by atoms with Gasteiger partial charge in [-0.1, -0.05) is 6.07 Å². The zero-order chi connectivity index (χ0) is 19.8. The monoisotopic (exact) mass is 372 g/mol. The normalized spacial score (nSPS) is 10.4. The molecule has 0 aromatic heterocycles. The van der Waals surface area contributed by atoms with Gasteiger partial charge in [0.1, 0.15) is 12.4 Å². The van der Waals surface area contributed by atoms with Crippen molar-refractivity contribution in [1.82, 2.24) is 4.90 Å². The molecule has 144 valence electrons. The molecule has 0 saturated heterocycles. The van der Waals surface area contributed by atoms with Crippen molar-refractivity contribution in [3.63, 3.8) is 0 Å². The second-order valence-electron chi connectivity index (χ2n) is 6.01. The van der Waals surface area contributed by atoms with E-state index in [1.54, 1.807) is 12.1 Å². The van der Waals surface area contributed by atoms with Crippen LogP contribution in [0.5, 0.6) is 5.75 Å². The molecule has 2 aromatic carbocycles. The lowest BCUT2D eigenvalue weighted by Crippen LogP contribution is -2.19. The van der Waals surface area contributed by atoms with E-state index in [4.69, 9.17) is 14.2 Å². The van der Waals surface area contributed by atoms with Crippen molar-refractivity contribution in [3.05, 3.63) is 53.6 Å². The van der Waals surface area contributed by atoms with Gasteiger partial charge in [0.15, 0.2) is 0 Å². The molecule has 0 spiro atoms. The van der Waals surface area contributed by atoms with Crippen LogP contribution in [0.15, 0.2) is 42.5 Å². The number of ether oxygens (including phenoxy) is 3. The molecule has 27 heavy (non-hydrogen) atoms. The van der Waals surface area contributed by atoms with Crippen molar-refractivity contribution < 1.29 is 23.8 Å². The van der Waals surface area contributed by atoms with Crippen LogP contribution >= 0.6 is 0 Å². The van der Waals surface area contributed by atoms with E-state index in [0.717, 1.165) is 18.0 Å². The number of likely N-dealkylation sites (N-methyl/N-ethyl adjacent to an activating group) is 1. The summed E-state index contributed by atoms with van der Waals surface area (Å²) in [6.07, 6.45) is 0. The Morgan fingerprint density at radius 2 is 1.63 bits per heavy atom. The van der Waals surface area contributed by atoms with E-state index in [9.17, 15) is 9.59 Å². The Hall–Kier alpha value is -3.06. The number of carbonyl (C=O) groups is 2. The lowest BCUT2D eigenvalue weighted by atomic mass is 10.0. The SMILES string of the molecule is COC(=O)c1cccc(Nc2ccc(OCCN(C)C)cc2)c1C(=O)OC. The molecule has 0 amide bonds. The minimum Gasteiger partial charge on any atom is -0.492 e. The fraction of sp³-hybridized carbons (Fsp3) is 0.300. The van der Waals surface area contributed by atoms with Crippen molar-refractivity contribution in [2.75, 3.05) is 46.8 Å². The lowest BCUT2D eigenvalue weighted by Gasteiger charge is -2.14. The molecule has 7 heteroatoms. The Balaban J connectivity index is 2.21. The maximum Gasteiger partial charge on any atom is 0.340 e. The van der Waals surface area contributed by atoms with Crippen LogP contribution in [-0.2, 0) is 9.47 Å². The van der Waals surface area contributed by atoms with Crippen molar-refractivity contribution in [1.29, 1.82) is 0 Å². The Labute approximate surface area is 158 Å². The minimum absolute atomic E-state index is 0.123. The standard InChI is InChI=1S/C20H24N2O5/c1-22(2)12-13-27-15-10-8-14(9-11-15)21-17-7-5-6-16(19(23)25-3)18(17)20(24)26-4/h5-11,21H,12-13H2,1-4H3. The van der Waals surface area contributed by atoms with Crippen LogP contribution in [0.25, 0.3) is 0 Å². The summed E-state index contributed by atoms with van der Waals surface area (Å²) < 4.78 is 15.2. The summed E-state index contributed by atoms with van der Waals surface area (Å²) in [5.74, 6) is -0.482. The number of anilines is 2. The van der Waals surface area contributed by atoms with Gasteiger partial charge in [0, 0.05) is 12.2 Å². The predicted molar refractivity (Wildman–Crippen MR) is 103 cm³/mol. The summed E-state index contributed by atoms with van der Waals surface area (Å²) in [5, 5.41) is 3.14. The van der Waals surface area contributed by atoms with Gasteiger partial charge in [-0.2, -0.15) is 0 Å². The first-order valence-electron chi connectivity index (χ1n) is 8.40. The van der Waals surface area contributed by atoms with Gasteiger partial charge in [0.05, 0.1) is 31.0 Å². The molecule has 0 unspecified atom stereocenters. The molecule has 0 atom stereocenters. The van der Waals surface area contributed by atoms with Gasteiger partial charge in [0.2, 0.25) is 0 Å². The minimum atomic E-state index is -0.623. The zero-order valence-electron chi connectivity index (χ0n) is 15.9. The van der Waals surface area contributed by atoms with E-state index in [1.807, 2.05) is 43.3 Å². The van der Waals surface area contributed by atoms with Crippen LogP contribution in [-0.4, -0.2) is 58.3 Å². The quantitative estimate of drug-likeness (QED) is 0.714. The second-order valence-corrected chi connectivity index (χ2v) is 6.01. The second kappa shape index (κ2) is 9.59. The predicted octanol–water partition coefficient (Wildman–Crippen LogP) is 2.94. The fourth-order valence-corrected chi connectivity index (χ4v) is 2.39. The van der Waals surface area contributed by atoms with E-state index in [0.29, 0.717) is 12.3 Å². The smallest absolute Gasteiger partial charge is 0.340 e. The van der Waals surface area contributed by atoms with Crippen LogP contribution in [0.3, 0.4) is 0 Å². The first kappa shape index (κ1) is 20.3. The van der Waals surface area contributed by atoms with Crippen LogP contribution in [0.1, 0.15) is 20.7 Å². The summed E-state index contributed by atoms with van der Waals surface area (Å²) in [6.45, 7) is 1.41. The highest BCUT2D eigenvalue weighted by atomic mass is 16.5. The molecule has 0 saturated carbocycles. The highest BCUT2D eigenvalue weighted by Gasteiger charge is 2.22. The number of methoxy groups -OCH3 is 2. The number of hydrogen-bond acceptors (Lipinski definition) is 7. The number of nitrogens with zero attached hydrogens (tertiary/aromatic N) is 1. The van der Waals surface area contributed by atoms with Gasteiger partial charge in [0.25, 0.3) is 0 Å². The van der Waals surface area contributed by atoms with Crippen LogP contribution < -0.4 is 10.1 Å². The van der Waals surface area contributed by atoms with E-state index in [2.05, 4.69) is 5.32 Å². The molecule has 1 N–H and O–H groups in total. The third-order valence-corrected chi connectivity index (χ3v) is 3.80. The van der Waals surface area contributed by atoms with Gasteiger partial charge in [-0.3, -0.25) is 0 Å². The van der Waals surface area contributed by atoms with Crippen LogP contribution in [0, 0.1) is 0 Å². The largest absolute Gasteiger partial charge is 0.492 e. The molecular formula is C20H24N2O5. The molecule has 0 aliphatic rings. The molecule has 7 nitrogen and oxygen atoms in total. The number of rotatable bonds is 8. The van der Waals surface area contributed by atoms with Crippen LogP contribution in [0.4, 0.5) is 11.4 Å². The summed E-state index contributed by atoms with van der Waals surface area (Å²) in [6, 6.07) is 12.2. The fourth-order valence-electron chi connectivity index (χ4n) is 2.39. The highest BCUT2D eigenvalue weighted by Crippen LogP contribution is 2.26. The third-order valence-electron chi connectivity index (χ3n) is 3.80. The van der Waals surface area contributed by atoms with E-state index in [-0.39, 0.29) is 11.1 Å². The first-order valence-corrected chi connectivity index (χ1v) is 8.40. The van der Waals surface area contributed by atoms with Gasteiger partial charge < -0.3 is 24.4 Å². The van der Waals surface area contributed by atoms with Gasteiger partial charge in [-0.05, 0) is 50.5 Å². The Kier molecular flexibility index (Phi) is 7.19. The molecule has 2 rings (SSSR count). The summed E-state index contributed by atoms with van der Waals surface area (Å²) in [5.41, 5.74) is 1.45. The van der Waals surface area contributed by atoms with Crippen molar-refractivity contribution >= 4 is 23.3 Å². The van der Waals surface area contributed by atoms with E-state index in [1.165, 1.54) is 20.3 Å². The van der Waals surface area contributed by atoms with Crippen LogP contribution in [0.2, 0.25) is 0 Å². The maximum absolute atomic E-state index is 12.2. The molecule has 0 fully saturated rings. The Bertz CT molecular complexity index is 787. The van der Waals surface area contributed by atoms with Gasteiger partial charge >= 0.3 is 11.9 Å². The number of carbonyl (C=O) groups excluding carboxylic acids is 2. The van der Waals surface area contributed by atoms with E-state index >= 15 is 0 Å². The Morgan fingerprint density at radius 1 is 0.963 bits per heavy atom. The van der Waals surface area contributed by atoms with Crippen molar-refractivity contribution in [3.8, 4) is 5.75 Å². The average Bonchev–Trinajstić information content (AvgIpc) is 2.67. The Morgan fingerprint density at radius 3 is 2.22 bits per heavy atom. The summed E-state index contributed by atoms with van der Waals surface area (Å²) >= 11 is 0. The first-order chi connectivity index (χ1) is 13.0. The van der Waals surface area contributed by atoms with E-state index < -0.39 is 11.9 Å². The average molecular weight is 372 g/mol. The molecule has 0 aliphatic heterocycles. The number of hydrogen-bond donors (Lipinski definition) is 1. The molecule has 0 bridgehead atoms. The van der Waals surface area contributed by atoms with Gasteiger partial charge in [-0.15, -0.1) is 0 Å². The highest BCUT2D eigenvalue weighted by molar-refractivity contribution is 6.07. The summed E-state index contributed by atoms with van der Waals surface area (Å²) in [7, 11) is 6.49. The van der Waals surface area contributed by atoms with Gasteiger partial charge in [-0.25, -0.2) is 9.59 Å². The topological polar surface area (TPSA) is 77.1 Å². The summed E-state index contributed by atoms with van der Waals surface area (Å²) in [4.78, 5) is 26.2. The van der Waals surface area contributed by atoms with Crippen molar-refractivity contribution in [2.24, 2.45) is 0 Å². The maximum atomic E-state index is 12.2. The zero-order valence-corrected chi connectivity index (χ0v) is 15.9. The molecule has 0 radical (unpaired) electrons. The number of esters is 2. The molecule has 2 aromatic rings. The molecular weight excluding hydrogens is 348 g/mol. The number of nitrogens with one attached hydrogen (secondary N) is 1. The van der Waals surface area contributed by atoms with Crippen molar-refractivity contribution in [2.45, 2.75) is 0 Å². The molecule has 0 heterocycles. The third kappa shape index (κ3) is 5.46.